The first-order valence-corrected chi connectivity index (χ1v) is 2.80. The molecule has 0 aromatic rings. The van der Waals surface area contributed by atoms with Crippen LogP contribution < -0.4 is 5.73 Å². The van der Waals surface area contributed by atoms with Crippen LogP contribution in [0.25, 0.3) is 0 Å². The summed E-state index contributed by atoms with van der Waals surface area (Å²) in [5.74, 6) is 0.403. The minimum absolute atomic E-state index is 0.403. The van der Waals surface area contributed by atoms with Crippen molar-refractivity contribution in [1.82, 2.24) is 0 Å². The van der Waals surface area contributed by atoms with Gasteiger partial charge in [-0.1, -0.05) is 12.2 Å². The Kier molecular flexibility index (Phi) is 4.27. The average Bonchev–Trinajstić information content (AvgIpc) is 1.83. The summed E-state index contributed by atoms with van der Waals surface area (Å²) in [6.07, 6.45) is 4.69. The zero-order valence-electron chi connectivity index (χ0n) is 5.14. The summed E-state index contributed by atoms with van der Waals surface area (Å²) in [5, 5.41) is 0. The van der Waals surface area contributed by atoms with Gasteiger partial charge in [0.2, 0.25) is 0 Å². The van der Waals surface area contributed by atoms with Gasteiger partial charge >= 0.3 is 0 Å². The second kappa shape index (κ2) is 4.60. The molecule has 0 amide bonds. The van der Waals surface area contributed by atoms with Crippen molar-refractivity contribution in [1.29, 1.82) is 0 Å². The topological polar surface area (TPSA) is 26.0 Å². The van der Waals surface area contributed by atoms with E-state index in [1.54, 1.807) is 0 Å². The van der Waals surface area contributed by atoms with E-state index in [1.165, 1.54) is 0 Å². The molecule has 0 unspecified atom stereocenters. The Morgan fingerprint density at radius 3 is 2.00 bits per heavy atom. The molecule has 0 saturated carbocycles. The zero-order valence-corrected chi connectivity index (χ0v) is 5.14. The standard InChI is InChI=1S/C7H13N/c1-3-7(4-2)5-6-8/h3-4,7H,1-2,5-6,8H2. The Hall–Kier alpha value is -0.560. The fourth-order valence-electron chi connectivity index (χ4n) is 0.524. The number of hydrogen-bond donors (Lipinski definition) is 1. The Morgan fingerprint density at radius 2 is 1.88 bits per heavy atom. The molecular formula is C7H13N. The van der Waals surface area contributed by atoms with Crippen LogP contribution >= 0.6 is 0 Å². The molecule has 0 aliphatic heterocycles. The summed E-state index contributed by atoms with van der Waals surface area (Å²) in [5.41, 5.74) is 5.28. The Balaban J connectivity index is 3.35. The first-order valence-electron chi connectivity index (χ1n) is 2.80. The van der Waals surface area contributed by atoms with Gasteiger partial charge in [0.25, 0.3) is 0 Å². The second-order valence-corrected chi connectivity index (χ2v) is 1.71. The molecule has 0 spiro atoms. The molecule has 0 aliphatic rings. The normalized spacial score (nSPS) is 9.25. The molecule has 1 heteroatoms. The van der Waals surface area contributed by atoms with Gasteiger partial charge in [-0.05, 0) is 18.9 Å². The SMILES string of the molecule is C=CC(C=C)CCN. The maximum atomic E-state index is 5.28. The Bertz CT molecular complexity index is 68.5. The molecule has 0 aromatic heterocycles. The van der Waals surface area contributed by atoms with Crippen molar-refractivity contribution in [3.63, 3.8) is 0 Å². The Morgan fingerprint density at radius 1 is 1.38 bits per heavy atom. The maximum Gasteiger partial charge on any atom is -0.00469 e. The fraction of sp³-hybridized carbons (Fsp3) is 0.429. The third-order valence-electron chi connectivity index (χ3n) is 1.11. The van der Waals surface area contributed by atoms with E-state index in [9.17, 15) is 0 Å². The highest BCUT2D eigenvalue weighted by molar-refractivity contribution is 4.91. The number of nitrogens with two attached hydrogens (primary N) is 1. The van der Waals surface area contributed by atoms with E-state index in [2.05, 4.69) is 13.2 Å². The summed E-state index contributed by atoms with van der Waals surface area (Å²) in [4.78, 5) is 0. The van der Waals surface area contributed by atoms with Crippen LogP contribution in [0.3, 0.4) is 0 Å². The van der Waals surface area contributed by atoms with Crippen LogP contribution in [0.5, 0.6) is 0 Å². The molecule has 0 saturated heterocycles. The summed E-state index contributed by atoms with van der Waals surface area (Å²) < 4.78 is 0. The lowest BCUT2D eigenvalue weighted by atomic mass is 10.1. The van der Waals surface area contributed by atoms with Crippen molar-refractivity contribution in [3.05, 3.63) is 25.3 Å². The van der Waals surface area contributed by atoms with Gasteiger partial charge in [0.15, 0.2) is 0 Å². The third-order valence-corrected chi connectivity index (χ3v) is 1.11. The van der Waals surface area contributed by atoms with Crippen molar-refractivity contribution < 1.29 is 0 Å². The highest BCUT2D eigenvalue weighted by Gasteiger charge is 1.92. The molecule has 0 fully saturated rings. The molecule has 0 heterocycles. The molecular weight excluding hydrogens is 98.1 g/mol. The van der Waals surface area contributed by atoms with E-state index in [0.29, 0.717) is 12.5 Å². The van der Waals surface area contributed by atoms with Gasteiger partial charge in [-0.2, -0.15) is 0 Å². The highest BCUT2D eigenvalue weighted by Crippen LogP contribution is 2.01. The molecule has 46 valence electrons. The van der Waals surface area contributed by atoms with Gasteiger partial charge in [0.1, 0.15) is 0 Å². The molecule has 0 radical (unpaired) electrons. The van der Waals surface area contributed by atoms with Crippen LogP contribution in [0.4, 0.5) is 0 Å². The molecule has 2 N–H and O–H groups in total. The van der Waals surface area contributed by atoms with Crippen molar-refractivity contribution in [2.24, 2.45) is 11.7 Å². The van der Waals surface area contributed by atoms with Gasteiger partial charge in [0, 0.05) is 0 Å². The molecule has 8 heavy (non-hydrogen) atoms. The van der Waals surface area contributed by atoms with E-state index >= 15 is 0 Å². The largest absolute Gasteiger partial charge is 0.330 e. The molecule has 0 atom stereocenters. The van der Waals surface area contributed by atoms with E-state index < -0.39 is 0 Å². The highest BCUT2D eigenvalue weighted by atomic mass is 14.5. The van der Waals surface area contributed by atoms with Crippen LogP contribution in [-0.4, -0.2) is 6.54 Å². The van der Waals surface area contributed by atoms with Crippen molar-refractivity contribution in [3.8, 4) is 0 Å². The van der Waals surface area contributed by atoms with Gasteiger partial charge < -0.3 is 5.73 Å². The predicted octanol–water partition coefficient (Wildman–Crippen LogP) is 1.32. The van der Waals surface area contributed by atoms with Crippen molar-refractivity contribution in [2.45, 2.75) is 6.42 Å². The molecule has 1 nitrogen and oxygen atoms in total. The van der Waals surface area contributed by atoms with Crippen LogP contribution in [0.2, 0.25) is 0 Å². The summed E-state index contributed by atoms with van der Waals surface area (Å²) in [6, 6.07) is 0. The zero-order chi connectivity index (χ0) is 6.41. The minimum atomic E-state index is 0.403. The first-order chi connectivity index (χ1) is 3.85. The predicted molar refractivity (Wildman–Crippen MR) is 37.6 cm³/mol. The lowest BCUT2D eigenvalue weighted by Gasteiger charge is -2.00. The first kappa shape index (κ1) is 7.44. The van der Waals surface area contributed by atoms with Crippen LogP contribution in [0, 0.1) is 5.92 Å². The third kappa shape index (κ3) is 2.59. The van der Waals surface area contributed by atoms with Crippen molar-refractivity contribution >= 4 is 0 Å². The number of hydrogen-bond acceptors (Lipinski definition) is 1. The van der Waals surface area contributed by atoms with Crippen molar-refractivity contribution in [2.75, 3.05) is 6.54 Å². The fourth-order valence-corrected chi connectivity index (χ4v) is 0.524. The summed E-state index contributed by atoms with van der Waals surface area (Å²) >= 11 is 0. The number of allylic oxidation sites excluding steroid dienone is 2. The van der Waals surface area contributed by atoms with E-state index in [-0.39, 0.29) is 0 Å². The minimum Gasteiger partial charge on any atom is -0.330 e. The molecule has 0 bridgehead atoms. The molecule has 0 aliphatic carbocycles. The van der Waals surface area contributed by atoms with E-state index in [4.69, 9.17) is 5.73 Å². The van der Waals surface area contributed by atoms with Gasteiger partial charge in [-0.3, -0.25) is 0 Å². The smallest absolute Gasteiger partial charge is 0.00469 e. The molecule has 0 rings (SSSR count). The number of rotatable bonds is 4. The molecule has 0 aromatic carbocycles. The monoisotopic (exact) mass is 111 g/mol. The van der Waals surface area contributed by atoms with Gasteiger partial charge in [0.05, 0.1) is 0 Å². The lowest BCUT2D eigenvalue weighted by Crippen LogP contribution is -2.03. The lowest BCUT2D eigenvalue weighted by molar-refractivity contribution is 0.723. The second-order valence-electron chi connectivity index (χ2n) is 1.71. The van der Waals surface area contributed by atoms with Crippen LogP contribution in [0.15, 0.2) is 25.3 Å². The average molecular weight is 111 g/mol. The van der Waals surface area contributed by atoms with E-state index in [0.717, 1.165) is 6.42 Å². The van der Waals surface area contributed by atoms with Gasteiger partial charge in [-0.15, -0.1) is 13.2 Å². The summed E-state index contributed by atoms with van der Waals surface area (Å²) in [7, 11) is 0. The maximum absolute atomic E-state index is 5.28. The quantitative estimate of drug-likeness (QED) is 0.544. The van der Waals surface area contributed by atoms with E-state index in [1.807, 2.05) is 12.2 Å². The summed E-state index contributed by atoms with van der Waals surface area (Å²) in [6.45, 7) is 7.96. The van der Waals surface area contributed by atoms with Crippen LogP contribution in [0.1, 0.15) is 6.42 Å². The Labute approximate surface area is 50.9 Å². The van der Waals surface area contributed by atoms with Gasteiger partial charge in [-0.25, -0.2) is 0 Å². The van der Waals surface area contributed by atoms with Crippen LogP contribution in [-0.2, 0) is 0 Å².